The molecule has 14 heavy (non-hydrogen) atoms. The number of hydrogen-bond donors (Lipinski definition) is 0. The van der Waals surface area contributed by atoms with Gasteiger partial charge < -0.3 is 9.47 Å². The first-order chi connectivity index (χ1) is 6.60. The van der Waals surface area contributed by atoms with Crippen LogP contribution in [0.4, 0.5) is 0 Å². The maximum atomic E-state index is 6.03. The minimum absolute atomic E-state index is 0.227. The zero-order valence-corrected chi connectivity index (χ0v) is 9.58. The lowest BCUT2D eigenvalue weighted by Crippen LogP contribution is -2.48. The van der Waals surface area contributed by atoms with Crippen molar-refractivity contribution in [2.45, 2.75) is 70.9 Å². The molecule has 82 valence electrons. The van der Waals surface area contributed by atoms with Crippen LogP contribution in [-0.2, 0) is 9.47 Å². The first kappa shape index (κ1) is 10.4. The Labute approximate surface area is 87.0 Å². The molecular weight excluding hydrogens is 176 g/mol. The summed E-state index contributed by atoms with van der Waals surface area (Å²) in [4.78, 5) is 0. The van der Waals surface area contributed by atoms with E-state index in [2.05, 4.69) is 20.8 Å². The molecule has 0 saturated carbocycles. The second kappa shape index (κ2) is 3.82. The average Bonchev–Trinajstić information content (AvgIpc) is 1.99. The highest BCUT2D eigenvalue weighted by molar-refractivity contribution is 4.84. The van der Waals surface area contributed by atoms with Crippen LogP contribution in [0.5, 0.6) is 0 Å². The maximum Gasteiger partial charge on any atom is 0.169 e. The summed E-state index contributed by atoms with van der Waals surface area (Å²) in [7, 11) is 0. The van der Waals surface area contributed by atoms with Gasteiger partial charge in [0, 0.05) is 12.8 Å². The topological polar surface area (TPSA) is 18.5 Å². The highest BCUT2D eigenvalue weighted by Crippen LogP contribution is 2.40. The van der Waals surface area contributed by atoms with E-state index in [4.69, 9.17) is 9.47 Å². The molecule has 2 rings (SSSR count). The molecule has 0 N–H and O–H groups in total. The molecule has 0 amide bonds. The van der Waals surface area contributed by atoms with Crippen LogP contribution in [-0.4, -0.2) is 18.0 Å². The quantitative estimate of drug-likeness (QED) is 0.595. The van der Waals surface area contributed by atoms with Crippen molar-refractivity contribution < 1.29 is 9.47 Å². The van der Waals surface area contributed by atoms with Crippen LogP contribution in [0, 0.1) is 5.92 Å². The third-order valence-electron chi connectivity index (χ3n) is 3.39. The molecule has 1 spiro atoms. The largest absolute Gasteiger partial charge is 0.347 e. The van der Waals surface area contributed by atoms with Crippen LogP contribution < -0.4 is 0 Å². The summed E-state index contributed by atoms with van der Waals surface area (Å²) < 4.78 is 12.1. The van der Waals surface area contributed by atoms with E-state index >= 15 is 0 Å². The molecule has 2 aliphatic rings. The Kier molecular flexibility index (Phi) is 2.85. The molecule has 0 bridgehead atoms. The molecule has 2 aliphatic heterocycles. The molecule has 2 fully saturated rings. The Morgan fingerprint density at radius 3 is 2.43 bits per heavy atom. The standard InChI is InChI=1S/C12H22O2/c1-9-7-11(3)14-12(8-9)6-4-5-10(2)13-12/h9-11H,4-8H2,1-3H3/t9-,10+,11+,12-/m1/s1. The van der Waals surface area contributed by atoms with Gasteiger partial charge in [-0.1, -0.05) is 6.92 Å². The Bertz CT molecular complexity index is 187. The minimum atomic E-state index is -0.227. The lowest BCUT2D eigenvalue weighted by atomic mass is 9.87. The molecule has 0 radical (unpaired) electrons. The van der Waals surface area contributed by atoms with Gasteiger partial charge >= 0.3 is 0 Å². The second-order valence-corrected chi connectivity index (χ2v) is 5.20. The summed E-state index contributed by atoms with van der Waals surface area (Å²) in [5, 5.41) is 0. The number of rotatable bonds is 0. The van der Waals surface area contributed by atoms with Crippen LogP contribution in [0.15, 0.2) is 0 Å². The fourth-order valence-electron chi connectivity index (χ4n) is 3.02. The van der Waals surface area contributed by atoms with Gasteiger partial charge in [-0.3, -0.25) is 0 Å². The van der Waals surface area contributed by atoms with Gasteiger partial charge in [-0.05, 0) is 39.0 Å². The molecule has 2 saturated heterocycles. The molecule has 0 aromatic rings. The SMILES string of the molecule is C[C@@H]1C[C@H](C)O[C@]2(CCC[C@H](C)O2)C1. The molecule has 2 heterocycles. The summed E-state index contributed by atoms with van der Waals surface area (Å²) in [6, 6.07) is 0. The lowest BCUT2D eigenvalue weighted by molar-refractivity contribution is -0.316. The van der Waals surface area contributed by atoms with Gasteiger partial charge in [0.05, 0.1) is 12.2 Å². The van der Waals surface area contributed by atoms with E-state index in [1.807, 2.05) is 0 Å². The highest BCUT2D eigenvalue weighted by Gasteiger charge is 2.42. The van der Waals surface area contributed by atoms with Gasteiger partial charge in [0.25, 0.3) is 0 Å². The Balaban J connectivity index is 2.05. The van der Waals surface area contributed by atoms with Crippen molar-refractivity contribution in [3.05, 3.63) is 0 Å². The van der Waals surface area contributed by atoms with E-state index < -0.39 is 0 Å². The maximum absolute atomic E-state index is 6.03. The molecule has 0 aliphatic carbocycles. The minimum Gasteiger partial charge on any atom is -0.347 e. The van der Waals surface area contributed by atoms with E-state index in [1.54, 1.807) is 0 Å². The van der Waals surface area contributed by atoms with Crippen LogP contribution >= 0.6 is 0 Å². The van der Waals surface area contributed by atoms with E-state index in [9.17, 15) is 0 Å². The van der Waals surface area contributed by atoms with Crippen LogP contribution in [0.2, 0.25) is 0 Å². The highest BCUT2D eigenvalue weighted by atomic mass is 16.7. The van der Waals surface area contributed by atoms with Crippen LogP contribution in [0.3, 0.4) is 0 Å². The van der Waals surface area contributed by atoms with Crippen LogP contribution in [0.1, 0.15) is 52.9 Å². The third kappa shape index (κ3) is 2.12. The van der Waals surface area contributed by atoms with Gasteiger partial charge in [0.1, 0.15) is 0 Å². The third-order valence-corrected chi connectivity index (χ3v) is 3.39. The normalized spacial score (nSPS) is 49.5. The number of ether oxygens (including phenoxy) is 2. The molecule has 0 aromatic heterocycles. The van der Waals surface area contributed by atoms with Crippen molar-refractivity contribution in [3.8, 4) is 0 Å². The molecule has 2 heteroatoms. The van der Waals surface area contributed by atoms with E-state index in [0.29, 0.717) is 12.2 Å². The van der Waals surface area contributed by atoms with Crippen molar-refractivity contribution >= 4 is 0 Å². The van der Waals surface area contributed by atoms with Crippen molar-refractivity contribution in [1.29, 1.82) is 0 Å². The Morgan fingerprint density at radius 1 is 1.07 bits per heavy atom. The molecular formula is C12H22O2. The zero-order chi connectivity index (χ0) is 10.2. The molecule has 4 atom stereocenters. The molecule has 2 nitrogen and oxygen atoms in total. The fourth-order valence-corrected chi connectivity index (χ4v) is 3.02. The second-order valence-electron chi connectivity index (χ2n) is 5.20. The van der Waals surface area contributed by atoms with E-state index in [0.717, 1.165) is 18.8 Å². The Morgan fingerprint density at radius 2 is 1.79 bits per heavy atom. The summed E-state index contributed by atoms with van der Waals surface area (Å²) in [6.45, 7) is 6.64. The fraction of sp³-hybridized carbons (Fsp3) is 1.00. The predicted molar refractivity (Wildman–Crippen MR) is 56.1 cm³/mol. The summed E-state index contributed by atoms with van der Waals surface area (Å²) in [5.41, 5.74) is 0. The van der Waals surface area contributed by atoms with Gasteiger partial charge in [-0.15, -0.1) is 0 Å². The average molecular weight is 198 g/mol. The molecule has 0 aromatic carbocycles. The predicted octanol–water partition coefficient (Wildman–Crippen LogP) is 3.11. The van der Waals surface area contributed by atoms with Crippen molar-refractivity contribution in [3.63, 3.8) is 0 Å². The van der Waals surface area contributed by atoms with Crippen molar-refractivity contribution in [2.75, 3.05) is 0 Å². The Hall–Kier alpha value is -0.0800. The van der Waals surface area contributed by atoms with Crippen LogP contribution in [0.25, 0.3) is 0 Å². The lowest BCUT2D eigenvalue weighted by Gasteiger charge is -2.46. The summed E-state index contributed by atoms with van der Waals surface area (Å²) >= 11 is 0. The van der Waals surface area contributed by atoms with E-state index in [1.165, 1.54) is 19.3 Å². The first-order valence-electron chi connectivity index (χ1n) is 5.95. The van der Waals surface area contributed by atoms with Gasteiger partial charge in [-0.2, -0.15) is 0 Å². The van der Waals surface area contributed by atoms with Gasteiger partial charge in [0.2, 0.25) is 0 Å². The smallest absolute Gasteiger partial charge is 0.169 e. The zero-order valence-electron chi connectivity index (χ0n) is 9.58. The first-order valence-corrected chi connectivity index (χ1v) is 5.95. The molecule has 0 unspecified atom stereocenters. The summed E-state index contributed by atoms with van der Waals surface area (Å²) in [6.07, 6.45) is 6.53. The van der Waals surface area contributed by atoms with E-state index in [-0.39, 0.29) is 5.79 Å². The van der Waals surface area contributed by atoms with Gasteiger partial charge in [-0.25, -0.2) is 0 Å². The summed E-state index contributed by atoms with van der Waals surface area (Å²) in [5.74, 6) is 0.512. The van der Waals surface area contributed by atoms with Gasteiger partial charge in [0.15, 0.2) is 5.79 Å². The van der Waals surface area contributed by atoms with Crippen molar-refractivity contribution in [2.24, 2.45) is 5.92 Å². The monoisotopic (exact) mass is 198 g/mol. The van der Waals surface area contributed by atoms with Crippen molar-refractivity contribution in [1.82, 2.24) is 0 Å². The number of hydrogen-bond acceptors (Lipinski definition) is 2.